The molecule has 0 bridgehead atoms. The second kappa shape index (κ2) is 5.50. The third-order valence-corrected chi connectivity index (χ3v) is 2.58. The van der Waals surface area contributed by atoms with E-state index in [4.69, 9.17) is 9.26 Å². The van der Waals surface area contributed by atoms with Gasteiger partial charge in [0.2, 0.25) is 0 Å². The van der Waals surface area contributed by atoms with Crippen molar-refractivity contribution in [2.75, 3.05) is 6.61 Å². The molecule has 0 aliphatic rings. The van der Waals surface area contributed by atoms with Gasteiger partial charge in [-0.1, -0.05) is 20.8 Å². The maximum Gasteiger partial charge on any atom is 0.167 e. The molecule has 0 radical (unpaired) electrons. The van der Waals surface area contributed by atoms with Crippen LogP contribution in [-0.4, -0.2) is 12.4 Å². The molecule has 0 N–H and O–H groups in total. The van der Waals surface area contributed by atoms with Crippen LogP contribution < -0.4 is 9.26 Å². The molecule has 1 unspecified atom stereocenters. The molecular formula is C13H19O3P. The fourth-order valence-electron chi connectivity index (χ4n) is 1.47. The van der Waals surface area contributed by atoms with E-state index in [2.05, 4.69) is 30.2 Å². The zero-order valence-electron chi connectivity index (χ0n) is 10.7. The molecule has 0 aromatic heterocycles. The van der Waals surface area contributed by atoms with Crippen molar-refractivity contribution in [3.63, 3.8) is 0 Å². The zero-order valence-corrected chi connectivity index (χ0v) is 11.9. The minimum atomic E-state index is -0.0402. The maximum atomic E-state index is 10.9. The van der Waals surface area contributed by atoms with Crippen LogP contribution >= 0.6 is 9.47 Å². The van der Waals surface area contributed by atoms with Crippen molar-refractivity contribution in [2.24, 2.45) is 0 Å². The van der Waals surface area contributed by atoms with Crippen LogP contribution in [0.15, 0.2) is 18.2 Å². The molecule has 0 saturated heterocycles. The van der Waals surface area contributed by atoms with Crippen LogP contribution in [-0.2, 0) is 10.2 Å². The van der Waals surface area contributed by atoms with Gasteiger partial charge in [-0.15, -0.1) is 0 Å². The summed E-state index contributed by atoms with van der Waals surface area (Å²) >= 11 is 0. The van der Waals surface area contributed by atoms with E-state index in [1.165, 1.54) is 6.92 Å². The van der Waals surface area contributed by atoms with Crippen LogP contribution in [0.25, 0.3) is 0 Å². The summed E-state index contributed by atoms with van der Waals surface area (Å²) in [5.74, 6) is 1.50. The van der Waals surface area contributed by atoms with Crippen molar-refractivity contribution in [1.82, 2.24) is 0 Å². The first-order valence-electron chi connectivity index (χ1n) is 5.48. The lowest BCUT2D eigenvalue weighted by molar-refractivity contribution is -0.118. The average molecular weight is 254 g/mol. The van der Waals surface area contributed by atoms with E-state index in [0.29, 0.717) is 5.75 Å². The fourth-order valence-corrected chi connectivity index (χ4v) is 1.68. The predicted octanol–water partition coefficient (Wildman–Crippen LogP) is 3.12. The van der Waals surface area contributed by atoms with Gasteiger partial charge in [0, 0.05) is 5.56 Å². The molecule has 1 aromatic carbocycles. The summed E-state index contributed by atoms with van der Waals surface area (Å²) in [5.41, 5.74) is 1.01. The minimum absolute atomic E-state index is 0.00804. The lowest BCUT2D eigenvalue weighted by atomic mass is 9.86. The molecule has 1 atom stereocenters. The number of ether oxygens (including phenoxy) is 1. The van der Waals surface area contributed by atoms with E-state index in [-0.39, 0.29) is 17.8 Å². The number of carbonyl (C=O) groups excluding carboxylic acids is 1. The highest BCUT2D eigenvalue weighted by Crippen LogP contribution is 2.35. The molecule has 17 heavy (non-hydrogen) atoms. The van der Waals surface area contributed by atoms with Gasteiger partial charge in [-0.3, -0.25) is 4.79 Å². The third kappa shape index (κ3) is 4.01. The number of carbonyl (C=O) groups is 1. The molecule has 1 rings (SSSR count). The zero-order chi connectivity index (χ0) is 13.1. The number of hydrogen-bond donors (Lipinski definition) is 0. The predicted molar refractivity (Wildman–Crippen MR) is 71.7 cm³/mol. The third-order valence-electron chi connectivity index (χ3n) is 2.33. The van der Waals surface area contributed by atoms with Gasteiger partial charge in [0.05, 0.1) is 9.47 Å². The van der Waals surface area contributed by atoms with Gasteiger partial charge in [-0.2, -0.15) is 0 Å². The lowest BCUT2D eigenvalue weighted by Gasteiger charge is -2.22. The van der Waals surface area contributed by atoms with Crippen molar-refractivity contribution in [3.8, 4) is 11.5 Å². The first-order chi connectivity index (χ1) is 7.84. The van der Waals surface area contributed by atoms with Crippen molar-refractivity contribution in [3.05, 3.63) is 23.8 Å². The van der Waals surface area contributed by atoms with E-state index >= 15 is 0 Å². The fraction of sp³-hybridized carbons (Fsp3) is 0.462. The summed E-state index contributed by atoms with van der Waals surface area (Å²) in [5, 5.41) is 0. The van der Waals surface area contributed by atoms with Crippen molar-refractivity contribution >= 4 is 15.2 Å². The Labute approximate surface area is 105 Å². The van der Waals surface area contributed by atoms with Crippen molar-refractivity contribution < 1.29 is 14.1 Å². The summed E-state index contributed by atoms with van der Waals surface area (Å²) in [6.07, 6.45) is 0. The summed E-state index contributed by atoms with van der Waals surface area (Å²) in [6, 6.07) is 5.57. The van der Waals surface area contributed by atoms with Crippen LogP contribution in [0.3, 0.4) is 0 Å². The Morgan fingerprint density at radius 3 is 2.47 bits per heavy atom. The molecule has 0 heterocycles. The van der Waals surface area contributed by atoms with Gasteiger partial charge in [0.15, 0.2) is 5.78 Å². The van der Waals surface area contributed by atoms with Gasteiger partial charge in [-0.05, 0) is 30.5 Å². The summed E-state index contributed by atoms with van der Waals surface area (Å²) in [6.45, 7) is 7.91. The first kappa shape index (κ1) is 14.0. The van der Waals surface area contributed by atoms with Crippen LogP contribution in [0.5, 0.6) is 11.5 Å². The second-order valence-electron chi connectivity index (χ2n) is 5.02. The van der Waals surface area contributed by atoms with Crippen LogP contribution in [0, 0.1) is 0 Å². The molecule has 0 saturated carbocycles. The maximum absolute atomic E-state index is 10.9. The van der Waals surface area contributed by atoms with Gasteiger partial charge in [0.25, 0.3) is 0 Å². The Balaban J connectivity index is 3.01. The highest BCUT2D eigenvalue weighted by Gasteiger charge is 2.19. The summed E-state index contributed by atoms with van der Waals surface area (Å²) < 4.78 is 10.6. The lowest BCUT2D eigenvalue weighted by Crippen LogP contribution is -2.13. The standard InChI is InChI=1S/C13H19O3P/c1-9(14)8-15-10-5-6-12(16-17)11(7-10)13(2,3)4/h5-7H,8,17H2,1-4H3. The first-order valence-corrected chi connectivity index (χ1v) is 5.95. The smallest absolute Gasteiger partial charge is 0.167 e. The second-order valence-corrected chi connectivity index (χ2v) is 5.25. The van der Waals surface area contributed by atoms with E-state index in [1.807, 2.05) is 12.1 Å². The van der Waals surface area contributed by atoms with Gasteiger partial charge in [0.1, 0.15) is 18.1 Å². The van der Waals surface area contributed by atoms with Crippen molar-refractivity contribution in [1.29, 1.82) is 0 Å². The number of Topliss-reactive ketones (excluding diaryl/α,β-unsaturated/α-hetero) is 1. The largest absolute Gasteiger partial charge is 0.486 e. The molecule has 0 aliphatic carbocycles. The average Bonchev–Trinajstić information content (AvgIpc) is 2.24. The van der Waals surface area contributed by atoms with Crippen molar-refractivity contribution in [2.45, 2.75) is 33.1 Å². The quantitative estimate of drug-likeness (QED) is 0.774. The number of ketones is 1. The molecule has 3 nitrogen and oxygen atoms in total. The van der Waals surface area contributed by atoms with Crippen LogP contribution in [0.1, 0.15) is 33.3 Å². The summed E-state index contributed by atoms with van der Waals surface area (Å²) in [7, 11) is 2.25. The Morgan fingerprint density at radius 2 is 2.00 bits per heavy atom. The molecule has 0 aliphatic heterocycles. The van der Waals surface area contributed by atoms with Crippen LogP contribution in [0.4, 0.5) is 0 Å². The SMILES string of the molecule is CC(=O)COc1ccc(OP)c(C(C)(C)C)c1. The van der Waals surface area contributed by atoms with Gasteiger partial charge in [-0.25, -0.2) is 0 Å². The monoisotopic (exact) mass is 254 g/mol. The molecule has 94 valence electrons. The normalized spacial score (nSPS) is 11.1. The van der Waals surface area contributed by atoms with Crippen LogP contribution in [0.2, 0.25) is 0 Å². The van der Waals surface area contributed by atoms with Gasteiger partial charge >= 0.3 is 0 Å². The molecule has 0 spiro atoms. The Hall–Kier alpha value is -1.08. The molecule has 4 heteroatoms. The Morgan fingerprint density at radius 1 is 1.35 bits per heavy atom. The number of benzene rings is 1. The van der Waals surface area contributed by atoms with Gasteiger partial charge < -0.3 is 9.26 Å². The summed E-state index contributed by atoms with van der Waals surface area (Å²) in [4.78, 5) is 10.9. The molecule has 1 aromatic rings. The molecule has 0 amide bonds. The Bertz CT molecular complexity index is 408. The molecular weight excluding hydrogens is 235 g/mol. The van der Waals surface area contributed by atoms with E-state index < -0.39 is 0 Å². The number of hydrogen-bond acceptors (Lipinski definition) is 3. The van der Waals surface area contributed by atoms with E-state index in [0.717, 1.165) is 11.3 Å². The van der Waals surface area contributed by atoms with E-state index in [9.17, 15) is 4.79 Å². The molecule has 0 fully saturated rings. The Kier molecular flexibility index (Phi) is 4.53. The minimum Gasteiger partial charge on any atom is -0.486 e. The number of rotatable bonds is 4. The topological polar surface area (TPSA) is 35.5 Å². The van der Waals surface area contributed by atoms with E-state index in [1.54, 1.807) is 6.07 Å². The highest BCUT2D eigenvalue weighted by atomic mass is 31.0. The highest BCUT2D eigenvalue weighted by molar-refractivity contribution is 7.10.